The van der Waals surface area contributed by atoms with Crippen molar-refractivity contribution in [1.82, 2.24) is 4.57 Å². The third-order valence-corrected chi connectivity index (χ3v) is 5.84. The summed E-state index contributed by atoms with van der Waals surface area (Å²) in [5.41, 5.74) is 4.61. The minimum Gasteiger partial charge on any atom is -0.481 e. The molecule has 7 heteroatoms. The Balaban J connectivity index is 1.82. The SMILES string of the molecule is COC(=O)COc1cccc2c1c(C(=O)C(=O)Cl)c(C)n2Cc1cccc(-c2ccccc2)c1. The predicted molar refractivity (Wildman–Crippen MR) is 130 cm³/mol. The van der Waals surface area contributed by atoms with E-state index < -0.39 is 17.0 Å². The Morgan fingerprint density at radius 2 is 1.62 bits per heavy atom. The molecule has 0 saturated heterocycles. The Kier molecular flexibility index (Phi) is 6.80. The normalized spacial score (nSPS) is 10.8. The van der Waals surface area contributed by atoms with Gasteiger partial charge < -0.3 is 14.0 Å². The predicted octanol–water partition coefficient (Wildman–Crippen LogP) is 5.16. The van der Waals surface area contributed by atoms with Crippen LogP contribution in [0.2, 0.25) is 0 Å². The Morgan fingerprint density at radius 3 is 2.32 bits per heavy atom. The summed E-state index contributed by atoms with van der Waals surface area (Å²) in [4.78, 5) is 36.2. The van der Waals surface area contributed by atoms with Crippen molar-refractivity contribution in [2.45, 2.75) is 13.5 Å². The van der Waals surface area contributed by atoms with Crippen molar-refractivity contribution in [1.29, 1.82) is 0 Å². The molecule has 0 bridgehead atoms. The molecule has 0 N–H and O–H groups in total. The van der Waals surface area contributed by atoms with Crippen LogP contribution in [0.25, 0.3) is 22.0 Å². The van der Waals surface area contributed by atoms with Crippen molar-refractivity contribution in [3.05, 3.63) is 89.6 Å². The van der Waals surface area contributed by atoms with Gasteiger partial charge in [0.05, 0.1) is 23.6 Å². The molecule has 6 nitrogen and oxygen atoms in total. The molecule has 4 aromatic rings. The zero-order valence-corrected chi connectivity index (χ0v) is 19.5. The lowest BCUT2D eigenvalue weighted by atomic mass is 10.0. The van der Waals surface area contributed by atoms with Gasteiger partial charge in [-0.05, 0) is 53.4 Å². The monoisotopic (exact) mass is 475 g/mol. The zero-order valence-electron chi connectivity index (χ0n) is 18.7. The van der Waals surface area contributed by atoms with Gasteiger partial charge in [-0.3, -0.25) is 9.59 Å². The molecule has 0 unspecified atom stereocenters. The van der Waals surface area contributed by atoms with E-state index >= 15 is 0 Å². The number of esters is 1. The van der Waals surface area contributed by atoms with E-state index in [2.05, 4.69) is 10.8 Å². The average Bonchev–Trinajstić information content (AvgIpc) is 3.14. The third kappa shape index (κ3) is 4.58. The van der Waals surface area contributed by atoms with Crippen LogP contribution in [0.3, 0.4) is 0 Å². The second-order valence-electron chi connectivity index (χ2n) is 7.73. The summed E-state index contributed by atoms with van der Waals surface area (Å²) < 4.78 is 12.2. The van der Waals surface area contributed by atoms with Gasteiger partial charge >= 0.3 is 5.97 Å². The Morgan fingerprint density at radius 1 is 0.912 bits per heavy atom. The summed E-state index contributed by atoms with van der Waals surface area (Å²) >= 11 is 5.58. The zero-order chi connectivity index (χ0) is 24.2. The number of methoxy groups -OCH3 is 1. The van der Waals surface area contributed by atoms with Gasteiger partial charge in [0.25, 0.3) is 5.24 Å². The number of ether oxygens (including phenoxy) is 2. The number of rotatable bonds is 8. The van der Waals surface area contributed by atoms with Gasteiger partial charge in [-0.25, -0.2) is 4.79 Å². The molecule has 0 aliphatic rings. The lowest BCUT2D eigenvalue weighted by Gasteiger charge is -2.11. The maximum atomic E-state index is 12.8. The molecule has 4 rings (SSSR count). The molecule has 34 heavy (non-hydrogen) atoms. The van der Waals surface area contributed by atoms with Crippen LogP contribution in [0.4, 0.5) is 0 Å². The molecular weight excluding hydrogens is 454 g/mol. The number of carbonyl (C=O) groups excluding carboxylic acids is 3. The van der Waals surface area contributed by atoms with E-state index in [1.807, 2.05) is 59.2 Å². The largest absolute Gasteiger partial charge is 0.481 e. The van der Waals surface area contributed by atoms with Gasteiger partial charge in [0, 0.05) is 12.2 Å². The van der Waals surface area contributed by atoms with E-state index in [4.69, 9.17) is 16.3 Å². The lowest BCUT2D eigenvalue weighted by Crippen LogP contribution is -2.13. The highest BCUT2D eigenvalue weighted by Gasteiger charge is 2.26. The molecule has 0 aliphatic carbocycles. The van der Waals surface area contributed by atoms with E-state index in [1.165, 1.54) is 7.11 Å². The number of fused-ring (bicyclic) bond motifs is 1. The third-order valence-electron chi connectivity index (χ3n) is 5.67. The van der Waals surface area contributed by atoms with Crippen LogP contribution < -0.4 is 4.74 Å². The summed E-state index contributed by atoms with van der Waals surface area (Å²) in [6.07, 6.45) is 0. The Bertz CT molecular complexity index is 1390. The number of hydrogen-bond acceptors (Lipinski definition) is 5. The molecule has 1 aromatic heterocycles. The molecule has 0 saturated carbocycles. The van der Waals surface area contributed by atoms with E-state index in [1.54, 1.807) is 19.1 Å². The summed E-state index contributed by atoms with van der Waals surface area (Å²) in [6.45, 7) is 1.88. The van der Waals surface area contributed by atoms with Crippen LogP contribution in [0.5, 0.6) is 5.75 Å². The molecule has 0 aliphatic heterocycles. The summed E-state index contributed by atoms with van der Waals surface area (Å²) in [6, 6.07) is 23.4. The summed E-state index contributed by atoms with van der Waals surface area (Å²) in [7, 11) is 1.26. The number of benzene rings is 3. The molecule has 1 heterocycles. The quantitative estimate of drug-likeness (QED) is 0.152. The van der Waals surface area contributed by atoms with Crippen molar-refractivity contribution in [2.75, 3.05) is 13.7 Å². The molecule has 0 radical (unpaired) electrons. The number of hydrogen-bond donors (Lipinski definition) is 0. The second kappa shape index (κ2) is 9.93. The maximum absolute atomic E-state index is 12.8. The fraction of sp³-hybridized carbons (Fsp3) is 0.148. The molecule has 3 aromatic carbocycles. The number of Topliss-reactive ketones (excluding diaryl/α,β-unsaturated/α-hetero) is 1. The molecule has 172 valence electrons. The van der Waals surface area contributed by atoms with Gasteiger partial charge in [-0.1, -0.05) is 54.6 Å². The number of nitrogens with zero attached hydrogens (tertiary/aromatic N) is 1. The topological polar surface area (TPSA) is 74.6 Å². The van der Waals surface area contributed by atoms with Gasteiger partial charge in [-0.15, -0.1) is 0 Å². The molecule has 0 atom stereocenters. The first kappa shape index (κ1) is 23.3. The van der Waals surface area contributed by atoms with Gasteiger partial charge in [0.15, 0.2) is 6.61 Å². The highest BCUT2D eigenvalue weighted by Crippen LogP contribution is 2.35. The standard InChI is InChI=1S/C27H22ClNO5/c1-17-24(26(31)27(28)32)25-21(12-7-13-22(25)34-16-23(30)33-2)29(17)15-18-8-6-11-20(14-18)19-9-4-3-5-10-19/h3-14H,15-16H2,1-2H3. The summed E-state index contributed by atoms with van der Waals surface area (Å²) in [5, 5.41) is -0.655. The average molecular weight is 476 g/mol. The van der Waals surface area contributed by atoms with E-state index in [0.29, 0.717) is 28.9 Å². The Labute approximate surface area is 201 Å². The minimum absolute atomic E-state index is 0.162. The van der Waals surface area contributed by atoms with Crippen molar-refractivity contribution >= 4 is 39.5 Å². The molecular formula is C27H22ClNO5. The lowest BCUT2D eigenvalue weighted by molar-refractivity contribution is -0.142. The first-order valence-corrected chi connectivity index (χ1v) is 11.0. The highest BCUT2D eigenvalue weighted by atomic mass is 35.5. The fourth-order valence-corrected chi connectivity index (χ4v) is 4.14. The van der Waals surface area contributed by atoms with Crippen LogP contribution in [0, 0.1) is 6.92 Å². The number of carbonyl (C=O) groups is 3. The van der Waals surface area contributed by atoms with Gasteiger partial charge in [0.1, 0.15) is 5.75 Å². The van der Waals surface area contributed by atoms with Crippen LogP contribution >= 0.6 is 11.6 Å². The van der Waals surface area contributed by atoms with Gasteiger partial charge in [0.2, 0.25) is 5.78 Å². The van der Waals surface area contributed by atoms with E-state index in [-0.39, 0.29) is 12.2 Å². The number of ketones is 1. The maximum Gasteiger partial charge on any atom is 0.343 e. The molecule has 0 spiro atoms. The highest BCUT2D eigenvalue weighted by molar-refractivity contribution is 6.83. The van der Waals surface area contributed by atoms with Gasteiger partial charge in [-0.2, -0.15) is 0 Å². The number of halogens is 1. The van der Waals surface area contributed by atoms with Crippen LogP contribution in [-0.4, -0.2) is 35.3 Å². The van der Waals surface area contributed by atoms with Crippen molar-refractivity contribution in [3.8, 4) is 16.9 Å². The first-order valence-electron chi connectivity index (χ1n) is 10.6. The van der Waals surface area contributed by atoms with Crippen LogP contribution in [0.1, 0.15) is 21.6 Å². The Hall–Kier alpha value is -3.90. The number of aromatic nitrogens is 1. The molecule has 0 amide bonds. The van der Waals surface area contributed by atoms with E-state index in [0.717, 1.165) is 16.7 Å². The van der Waals surface area contributed by atoms with Crippen LogP contribution in [0.15, 0.2) is 72.8 Å². The summed E-state index contributed by atoms with van der Waals surface area (Å²) in [5.74, 6) is -1.09. The first-order chi connectivity index (χ1) is 16.4. The van der Waals surface area contributed by atoms with E-state index in [9.17, 15) is 14.4 Å². The van der Waals surface area contributed by atoms with Crippen molar-refractivity contribution in [3.63, 3.8) is 0 Å². The smallest absolute Gasteiger partial charge is 0.343 e. The fourth-order valence-electron chi connectivity index (χ4n) is 4.05. The van der Waals surface area contributed by atoms with Crippen LogP contribution in [-0.2, 0) is 20.9 Å². The van der Waals surface area contributed by atoms with Crippen molar-refractivity contribution in [2.24, 2.45) is 0 Å². The minimum atomic E-state index is -1.09. The van der Waals surface area contributed by atoms with Crippen molar-refractivity contribution < 1.29 is 23.9 Å². The molecule has 0 fully saturated rings. The second-order valence-corrected chi connectivity index (χ2v) is 8.07.